The first-order valence-electron chi connectivity index (χ1n) is 7.61. The number of hydrogen-bond donors (Lipinski definition) is 1. The molecule has 0 heterocycles. The summed E-state index contributed by atoms with van der Waals surface area (Å²) in [5, 5.41) is 3.14. The molecule has 2 rings (SSSR count). The number of ketones is 1. The van der Waals surface area contributed by atoms with Gasteiger partial charge in [-0.3, -0.25) is 4.79 Å². The molecule has 21 heavy (non-hydrogen) atoms. The first-order chi connectivity index (χ1) is 10.3. The van der Waals surface area contributed by atoms with E-state index in [1.165, 1.54) is 5.56 Å². The molecule has 0 atom stereocenters. The van der Waals surface area contributed by atoms with Gasteiger partial charge in [-0.2, -0.15) is 0 Å². The lowest BCUT2D eigenvalue weighted by molar-refractivity contribution is 0.0979. The Balaban J connectivity index is 1.91. The first kappa shape index (κ1) is 15.5. The third-order valence-corrected chi connectivity index (χ3v) is 3.67. The maximum Gasteiger partial charge on any atom is 0.163 e. The average molecular weight is 281 g/mol. The van der Waals surface area contributed by atoms with Gasteiger partial charge in [-0.25, -0.2) is 0 Å². The zero-order valence-electron chi connectivity index (χ0n) is 12.6. The standard InChI is InChI=1S/C19H23NO/c1-20-15-14-17-11-5-6-12-18(17)19(21)13-7-10-16-8-3-2-4-9-16/h2-6,8-9,11-12,20H,7,10,13-15H2,1H3. The van der Waals surface area contributed by atoms with Crippen LogP contribution in [0.4, 0.5) is 0 Å². The first-order valence-corrected chi connectivity index (χ1v) is 7.61. The Kier molecular flexibility index (Phi) is 6.17. The molecule has 0 aliphatic carbocycles. The van der Waals surface area contributed by atoms with Gasteiger partial charge in [0.1, 0.15) is 0 Å². The van der Waals surface area contributed by atoms with E-state index in [0.29, 0.717) is 6.42 Å². The molecule has 2 aromatic carbocycles. The lowest BCUT2D eigenvalue weighted by Crippen LogP contribution is -2.13. The highest BCUT2D eigenvalue weighted by Gasteiger charge is 2.10. The van der Waals surface area contributed by atoms with Gasteiger partial charge in [-0.15, -0.1) is 0 Å². The fraction of sp³-hybridized carbons (Fsp3) is 0.316. The topological polar surface area (TPSA) is 29.1 Å². The average Bonchev–Trinajstić information content (AvgIpc) is 2.54. The quantitative estimate of drug-likeness (QED) is 0.748. The van der Waals surface area contributed by atoms with E-state index in [1.807, 2.05) is 43.4 Å². The minimum Gasteiger partial charge on any atom is -0.319 e. The third-order valence-electron chi connectivity index (χ3n) is 3.67. The van der Waals surface area contributed by atoms with Gasteiger partial charge in [0, 0.05) is 12.0 Å². The van der Waals surface area contributed by atoms with Gasteiger partial charge in [0.15, 0.2) is 5.78 Å². The van der Waals surface area contributed by atoms with Crippen LogP contribution in [0, 0.1) is 0 Å². The van der Waals surface area contributed by atoms with Crippen molar-refractivity contribution in [3.05, 3.63) is 71.3 Å². The molecule has 0 radical (unpaired) electrons. The molecule has 2 aromatic rings. The second kappa shape index (κ2) is 8.38. The molecule has 0 aromatic heterocycles. The number of aryl methyl sites for hydroxylation is 1. The van der Waals surface area contributed by atoms with Gasteiger partial charge < -0.3 is 5.32 Å². The molecule has 0 unspecified atom stereocenters. The Bertz CT molecular complexity index is 563. The van der Waals surface area contributed by atoms with Crippen LogP contribution in [0.25, 0.3) is 0 Å². The van der Waals surface area contributed by atoms with Crippen LogP contribution in [0.15, 0.2) is 54.6 Å². The van der Waals surface area contributed by atoms with E-state index in [9.17, 15) is 4.79 Å². The van der Waals surface area contributed by atoms with Crippen molar-refractivity contribution in [2.45, 2.75) is 25.7 Å². The lowest BCUT2D eigenvalue weighted by atomic mass is 9.97. The number of carbonyl (C=O) groups excluding carboxylic acids is 1. The summed E-state index contributed by atoms with van der Waals surface area (Å²) in [7, 11) is 1.93. The van der Waals surface area contributed by atoms with E-state index in [-0.39, 0.29) is 5.78 Å². The Morgan fingerprint density at radius 3 is 2.43 bits per heavy atom. The van der Waals surface area contributed by atoms with E-state index < -0.39 is 0 Å². The van der Waals surface area contributed by atoms with Crippen LogP contribution in [-0.4, -0.2) is 19.4 Å². The number of benzene rings is 2. The van der Waals surface area contributed by atoms with Crippen molar-refractivity contribution in [2.75, 3.05) is 13.6 Å². The smallest absolute Gasteiger partial charge is 0.163 e. The largest absolute Gasteiger partial charge is 0.319 e. The Labute approximate surface area is 127 Å². The van der Waals surface area contributed by atoms with Crippen molar-refractivity contribution in [1.82, 2.24) is 5.32 Å². The maximum atomic E-state index is 12.4. The zero-order valence-corrected chi connectivity index (χ0v) is 12.6. The number of rotatable bonds is 8. The van der Waals surface area contributed by atoms with E-state index in [2.05, 4.69) is 23.5 Å². The number of carbonyl (C=O) groups is 1. The van der Waals surface area contributed by atoms with Gasteiger partial charge in [-0.1, -0.05) is 54.6 Å². The van der Waals surface area contributed by atoms with Gasteiger partial charge >= 0.3 is 0 Å². The molecular formula is C19H23NO. The number of Topliss-reactive ketones (excluding diaryl/α,β-unsaturated/α-hetero) is 1. The molecule has 0 spiro atoms. The molecule has 0 aliphatic rings. The molecule has 0 amide bonds. The fourth-order valence-corrected chi connectivity index (χ4v) is 2.50. The molecule has 0 saturated heterocycles. The van der Waals surface area contributed by atoms with Crippen LogP contribution in [0.2, 0.25) is 0 Å². The Morgan fingerprint density at radius 2 is 1.67 bits per heavy atom. The van der Waals surface area contributed by atoms with Gasteiger partial charge in [0.25, 0.3) is 0 Å². The summed E-state index contributed by atoms with van der Waals surface area (Å²) in [6.07, 6.45) is 3.39. The molecule has 2 heteroatoms. The molecule has 1 N–H and O–H groups in total. The van der Waals surface area contributed by atoms with Crippen molar-refractivity contribution in [2.24, 2.45) is 0 Å². The van der Waals surface area contributed by atoms with Gasteiger partial charge in [-0.05, 0) is 44.0 Å². The summed E-state index contributed by atoms with van der Waals surface area (Å²) in [6.45, 7) is 0.897. The van der Waals surface area contributed by atoms with Crippen LogP contribution in [0.1, 0.15) is 34.3 Å². The van der Waals surface area contributed by atoms with Crippen LogP contribution in [-0.2, 0) is 12.8 Å². The van der Waals surface area contributed by atoms with Crippen molar-refractivity contribution >= 4 is 5.78 Å². The molecule has 0 fully saturated rings. The molecule has 0 bridgehead atoms. The van der Waals surface area contributed by atoms with Crippen molar-refractivity contribution < 1.29 is 4.79 Å². The molecule has 110 valence electrons. The van der Waals surface area contributed by atoms with E-state index >= 15 is 0 Å². The summed E-state index contributed by atoms with van der Waals surface area (Å²) < 4.78 is 0. The summed E-state index contributed by atoms with van der Waals surface area (Å²) in [4.78, 5) is 12.4. The lowest BCUT2D eigenvalue weighted by Gasteiger charge is -2.08. The van der Waals surface area contributed by atoms with Crippen LogP contribution in [0.3, 0.4) is 0 Å². The Morgan fingerprint density at radius 1 is 0.952 bits per heavy atom. The van der Waals surface area contributed by atoms with Crippen LogP contribution in [0.5, 0.6) is 0 Å². The highest BCUT2D eigenvalue weighted by atomic mass is 16.1. The number of nitrogens with one attached hydrogen (secondary N) is 1. The van der Waals surface area contributed by atoms with Crippen LogP contribution >= 0.6 is 0 Å². The van der Waals surface area contributed by atoms with E-state index in [4.69, 9.17) is 0 Å². The fourth-order valence-electron chi connectivity index (χ4n) is 2.50. The third kappa shape index (κ3) is 4.83. The second-order valence-corrected chi connectivity index (χ2v) is 5.27. The summed E-state index contributed by atoms with van der Waals surface area (Å²) >= 11 is 0. The summed E-state index contributed by atoms with van der Waals surface area (Å²) in [5.74, 6) is 0.262. The Hall–Kier alpha value is -1.93. The predicted molar refractivity (Wildman–Crippen MR) is 87.8 cm³/mol. The molecule has 2 nitrogen and oxygen atoms in total. The predicted octanol–water partition coefficient (Wildman–Crippen LogP) is 3.65. The van der Waals surface area contributed by atoms with Crippen molar-refractivity contribution in [1.29, 1.82) is 0 Å². The number of likely N-dealkylation sites (N-methyl/N-ethyl adjacent to an activating group) is 1. The molecular weight excluding hydrogens is 258 g/mol. The minimum absolute atomic E-state index is 0.262. The molecule has 0 aliphatic heterocycles. The van der Waals surface area contributed by atoms with Crippen molar-refractivity contribution in [3.8, 4) is 0 Å². The van der Waals surface area contributed by atoms with Gasteiger partial charge in [0.05, 0.1) is 0 Å². The number of hydrogen-bond acceptors (Lipinski definition) is 2. The monoisotopic (exact) mass is 281 g/mol. The summed E-state index contributed by atoms with van der Waals surface area (Å²) in [6, 6.07) is 18.3. The SMILES string of the molecule is CNCCc1ccccc1C(=O)CCCc1ccccc1. The minimum atomic E-state index is 0.262. The van der Waals surface area contributed by atoms with Crippen LogP contribution < -0.4 is 5.32 Å². The summed E-state index contributed by atoms with van der Waals surface area (Å²) in [5.41, 5.74) is 3.34. The normalized spacial score (nSPS) is 10.5. The van der Waals surface area contributed by atoms with Gasteiger partial charge in [0.2, 0.25) is 0 Å². The zero-order chi connectivity index (χ0) is 14.9. The second-order valence-electron chi connectivity index (χ2n) is 5.27. The highest BCUT2D eigenvalue weighted by Crippen LogP contribution is 2.14. The molecule has 0 saturated carbocycles. The van der Waals surface area contributed by atoms with E-state index in [0.717, 1.165) is 36.9 Å². The maximum absolute atomic E-state index is 12.4. The van der Waals surface area contributed by atoms with Crippen molar-refractivity contribution in [3.63, 3.8) is 0 Å². The van der Waals surface area contributed by atoms with E-state index in [1.54, 1.807) is 0 Å². The highest BCUT2D eigenvalue weighted by molar-refractivity contribution is 5.97.